The molecular weight excluding hydrogens is 323 g/mol. The minimum Gasteiger partial charge on any atom is -0.488 e. The summed E-state index contributed by atoms with van der Waals surface area (Å²) in [5.41, 5.74) is 0. The van der Waals surface area contributed by atoms with E-state index in [9.17, 15) is 9.50 Å². The highest BCUT2D eigenvalue weighted by Gasteiger charge is 2.33. The molecule has 1 aliphatic carbocycles. The Morgan fingerprint density at radius 3 is 2.72 bits per heavy atom. The first-order chi connectivity index (χ1) is 12.2. The van der Waals surface area contributed by atoms with Crippen molar-refractivity contribution in [1.82, 2.24) is 10.2 Å². The zero-order chi connectivity index (χ0) is 17.5. The fourth-order valence-corrected chi connectivity index (χ4v) is 3.59. The normalized spacial score (nSPS) is 28.0. The Morgan fingerprint density at radius 1 is 1.20 bits per heavy atom. The molecule has 1 aliphatic heterocycles. The van der Waals surface area contributed by atoms with E-state index in [1.165, 1.54) is 12.1 Å². The van der Waals surface area contributed by atoms with Gasteiger partial charge in [-0.05, 0) is 63.0 Å². The molecule has 0 spiro atoms. The molecule has 0 aromatic heterocycles. The van der Waals surface area contributed by atoms with Crippen LogP contribution in [0.4, 0.5) is 4.39 Å². The quantitative estimate of drug-likeness (QED) is 0.733. The van der Waals surface area contributed by atoms with Gasteiger partial charge in [-0.3, -0.25) is 4.90 Å². The maximum Gasteiger partial charge on any atom is 0.126 e. The van der Waals surface area contributed by atoms with Crippen molar-refractivity contribution in [3.05, 3.63) is 30.1 Å². The molecule has 1 heterocycles. The summed E-state index contributed by atoms with van der Waals surface area (Å²) < 4.78 is 24.2. The SMILES string of the molecule is O[C@@H]1[C@@H](NCCCN2CCOCC2)CCC[C@H]1Oc1ccc(F)cc1. The van der Waals surface area contributed by atoms with Crippen LogP contribution in [0.15, 0.2) is 24.3 Å². The van der Waals surface area contributed by atoms with E-state index in [4.69, 9.17) is 9.47 Å². The van der Waals surface area contributed by atoms with Crippen molar-refractivity contribution >= 4 is 0 Å². The molecule has 0 bridgehead atoms. The lowest BCUT2D eigenvalue weighted by atomic mass is 9.89. The Morgan fingerprint density at radius 2 is 1.96 bits per heavy atom. The molecule has 3 atom stereocenters. The number of morpholine rings is 1. The van der Waals surface area contributed by atoms with Crippen molar-refractivity contribution in [1.29, 1.82) is 0 Å². The van der Waals surface area contributed by atoms with E-state index in [2.05, 4.69) is 10.2 Å². The summed E-state index contributed by atoms with van der Waals surface area (Å²) in [4.78, 5) is 2.42. The van der Waals surface area contributed by atoms with Crippen LogP contribution in [0, 0.1) is 5.82 Å². The molecule has 2 aliphatic rings. The number of hydrogen-bond acceptors (Lipinski definition) is 5. The monoisotopic (exact) mass is 352 g/mol. The molecule has 0 amide bonds. The maximum absolute atomic E-state index is 13.0. The summed E-state index contributed by atoms with van der Waals surface area (Å²) in [6.45, 7) is 5.64. The van der Waals surface area contributed by atoms with Crippen LogP contribution in [0.1, 0.15) is 25.7 Å². The third-order valence-electron chi connectivity index (χ3n) is 5.06. The van der Waals surface area contributed by atoms with E-state index in [1.807, 2.05) is 0 Å². The van der Waals surface area contributed by atoms with Crippen molar-refractivity contribution in [3.63, 3.8) is 0 Å². The molecule has 25 heavy (non-hydrogen) atoms. The third kappa shape index (κ3) is 5.64. The molecule has 0 unspecified atom stereocenters. The molecule has 5 nitrogen and oxygen atoms in total. The Bertz CT molecular complexity index is 508. The topological polar surface area (TPSA) is 54.0 Å². The average molecular weight is 352 g/mol. The van der Waals surface area contributed by atoms with Gasteiger partial charge in [0.25, 0.3) is 0 Å². The van der Waals surface area contributed by atoms with Crippen molar-refractivity contribution in [2.45, 2.75) is 43.9 Å². The molecular formula is C19H29FN2O3. The zero-order valence-corrected chi connectivity index (χ0v) is 14.7. The summed E-state index contributed by atoms with van der Waals surface area (Å²) in [5.74, 6) is 0.328. The highest BCUT2D eigenvalue weighted by Crippen LogP contribution is 2.24. The van der Waals surface area contributed by atoms with Crippen LogP contribution in [0.3, 0.4) is 0 Å². The Labute approximate surface area is 149 Å². The van der Waals surface area contributed by atoms with Gasteiger partial charge in [0, 0.05) is 19.1 Å². The fraction of sp³-hybridized carbons (Fsp3) is 0.684. The number of hydrogen-bond donors (Lipinski definition) is 2. The summed E-state index contributed by atoms with van der Waals surface area (Å²) in [6.07, 6.45) is 3.08. The van der Waals surface area contributed by atoms with Crippen LogP contribution in [-0.4, -0.2) is 67.6 Å². The van der Waals surface area contributed by atoms with Gasteiger partial charge in [-0.2, -0.15) is 0 Å². The second kappa shape index (κ2) is 9.48. The van der Waals surface area contributed by atoms with Crippen LogP contribution >= 0.6 is 0 Å². The van der Waals surface area contributed by atoms with Gasteiger partial charge in [0.2, 0.25) is 0 Å². The number of aliphatic hydroxyl groups is 1. The molecule has 2 N–H and O–H groups in total. The van der Waals surface area contributed by atoms with E-state index >= 15 is 0 Å². The zero-order valence-electron chi connectivity index (χ0n) is 14.7. The van der Waals surface area contributed by atoms with E-state index in [0.29, 0.717) is 5.75 Å². The number of aliphatic hydroxyl groups excluding tert-OH is 1. The first-order valence-corrected chi connectivity index (χ1v) is 9.36. The lowest BCUT2D eigenvalue weighted by Gasteiger charge is -2.35. The number of nitrogens with one attached hydrogen (secondary N) is 1. The van der Waals surface area contributed by atoms with Gasteiger partial charge in [0.1, 0.15) is 23.8 Å². The highest BCUT2D eigenvalue weighted by molar-refractivity contribution is 5.22. The summed E-state index contributed by atoms with van der Waals surface area (Å²) in [5, 5.41) is 14.1. The molecule has 3 rings (SSSR count). The van der Waals surface area contributed by atoms with Gasteiger partial charge in [0.15, 0.2) is 0 Å². The van der Waals surface area contributed by atoms with Crippen LogP contribution in [0.2, 0.25) is 0 Å². The van der Waals surface area contributed by atoms with E-state index in [1.54, 1.807) is 12.1 Å². The Hall–Kier alpha value is -1.21. The minimum absolute atomic E-state index is 0.0592. The third-order valence-corrected chi connectivity index (χ3v) is 5.06. The second-order valence-corrected chi connectivity index (χ2v) is 6.90. The summed E-state index contributed by atoms with van der Waals surface area (Å²) in [6, 6.07) is 6.05. The van der Waals surface area contributed by atoms with Crippen LogP contribution in [0.25, 0.3) is 0 Å². The van der Waals surface area contributed by atoms with Gasteiger partial charge in [-0.25, -0.2) is 4.39 Å². The molecule has 1 aromatic carbocycles. The average Bonchev–Trinajstić information content (AvgIpc) is 2.64. The predicted octanol–water partition coefficient (Wildman–Crippen LogP) is 1.80. The van der Waals surface area contributed by atoms with Crippen molar-refractivity contribution in [2.75, 3.05) is 39.4 Å². The highest BCUT2D eigenvalue weighted by atomic mass is 19.1. The molecule has 1 saturated heterocycles. The molecule has 1 aromatic rings. The van der Waals surface area contributed by atoms with Crippen molar-refractivity contribution < 1.29 is 19.0 Å². The lowest BCUT2D eigenvalue weighted by molar-refractivity contribution is -0.0156. The van der Waals surface area contributed by atoms with E-state index in [-0.39, 0.29) is 18.0 Å². The van der Waals surface area contributed by atoms with Crippen LogP contribution in [-0.2, 0) is 4.74 Å². The molecule has 6 heteroatoms. The minimum atomic E-state index is -0.540. The summed E-state index contributed by atoms with van der Waals surface area (Å²) in [7, 11) is 0. The standard InChI is InChI=1S/C19H29FN2O3/c20-15-5-7-16(8-6-15)25-18-4-1-3-17(19(18)23)21-9-2-10-22-11-13-24-14-12-22/h5-8,17-19,21,23H,1-4,9-14H2/t17-,18+,19+/m0/s1. The molecule has 2 fully saturated rings. The van der Waals surface area contributed by atoms with Crippen molar-refractivity contribution in [2.24, 2.45) is 0 Å². The van der Waals surface area contributed by atoms with Gasteiger partial charge in [-0.1, -0.05) is 0 Å². The maximum atomic E-state index is 13.0. The van der Waals surface area contributed by atoms with Crippen molar-refractivity contribution in [3.8, 4) is 5.75 Å². The van der Waals surface area contributed by atoms with Gasteiger partial charge < -0.3 is 19.9 Å². The fourth-order valence-electron chi connectivity index (χ4n) is 3.59. The van der Waals surface area contributed by atoms with Gasteiger partial charge in [-0.15, -0.1) is 0 Å². The molecule has 1 saturated carbocycles. The van der Waals surface area contributed by atoms with E-state index < -0.39 is 6.10 Å². The van der Waals surface area contributed by atoms with E-state index in [0.717, 1.165) is 65.1 Å². The number of halogens is 1. The Kier molecular flexibility index (Phi) is 7.04. The lowest BCUT2D eigenvalue weighted by Crippen LogP contribution is -2.51. The largest absolute Gasteiger partial charge is 0.488 e. The smallest absolute Gasteiger partial charge is 0.126 e. The van der Waals surface area contributed by atoms with Crippen LogP contribution in [0.5, 0.6) is 5.75 Å². The number of nitrogens with zero attached hydrogens (tertiary/aromatic N) is 1. The van der Waals surface area contributed by atoms with Gasteiger partial charge in [0.05, 0.1) is 13.2 Å². The first kappa shape index (κ1) is 18.6. The van der Waals surface area contributed by atoms with Crippen LogP contribution < -0.4 is 10.1 Å². The summed E-state index contributed by atoms with van der Waals surface area (Å²) >= 11 is 0. The molecule has 140 valence electrons. The number of rotatable bonds is 7. The second-order valence-electron chi connectivity index (χ2n) is 6.90. The molecule has 0 radical (unpaired) electrons. The first-order valence-electron chi connectivity index (χ1n) is 9.36. The predicted molar refractivity (Wildman–Crippen MR) is 94.3 cm³/mol. The van der Waals surface area contributed by atoms with Gasteiger partial charge >= 0.3 is 0 Å². The number of benzene rings is 1. The Balaban J connectivity index is 1.40. The number of ether oxygens (including phenoxy) is 2.